The van der Waals surface area contributed by atoms with E-state index in [1.165, 1.54) is 0 Å². The Labute approximate surface area is 54.5 Å². The first kappa shape index (κ1) is 8.27. The second-order valence-electron chi connectivity index (χ2n) is 2.13. The minimum Gasteiger partial charge on any atom is -0.388 e. The molecule has 0 aliphatic carbocycles. The molecule has 0 saturated heterocycles. The lowest BCUT2D eigenvalue weighted by molar-refractivity contribution is 0.0950. The van der Waals surface area contributed by atoms with E-state index < -0.39 is 5.60 Å². The van der Waals surface area contributed by atoms with Crippen LogP contribution in [0.5, 0.6) is 0 Å². The maximum Gasteiger partial charge on any atom is 0.0831 e. The SMILES string of the molecule is CSCC(C)(O)CN. The fraction of sp³-hybridized carbons (Fsp3) is 1.00. The van der Waals surface area contributed by atoms with Crippen LogP contribution in [0, 0.1) is 0 Å². The van der Waals surface area contributed by atoms with E-state index in [4.69, 9.17) is 5.73 Å². The minimum absolute atomic E-state index is 0.341. The molecule has 0 aromatic carbocycles. The molecule has 0 heterocycles. The van der Waals surface area contributed by atoms with Crippen molar-refractivity contribution in [2.24, 2.45) is 5.73 Å². The minimum atomic E-state index is -0.667. The van der Waals surface area contributed by atoms with Crippen molar-refractivity contribution in [1.82, 2.24) is 0 Å². The zero-order valence-corrected chi connectivity index (χ0v) is 6.16. The van der Waals surface area contributed by atoms with Gasteiger partial charge in [0.1, 0.15) is 0 Å². The molecule has 2 nitrogen and oxygen atoms in total. The molecular weight excluding hydrogens is 122 g/mol. The average molecular weight is 135 g/mol. The molecule has 0 bridgehead atoms. The summed E-state index contributed by atoms with van der Waals surface area (Å²) in [6.45, 7) is 2.08. The zero-order chi connectivity index (χ0) is 6.62. The lowest BCUT2D eigenvalue weighted by Gasteiger charge is -2.18. The summed E-state index contributed by atoms with van der Waals surface area (Å²) in [5.41, 5.74) is 4.56. The summed E-state index contributed by atoms with van der Waals surface area (Å²) in [6.07, 6.45) is 1.95. The topological polar surface area (TPSA) is 46.2 Å². The van der Waals surface area contributed by atoms with Crippen LogP contribution in [0.4, 0.5) is 0 Å². The highest BCUT2D eigenvalue weighted by Crippen LogP contribution is 2.07. The first-order chi connectivity index (χ1) is 3.62. The molecule has 0 saturated carbocycles. The van der Waals surface area contributed by atoms with E-state index in [2.05, 4.69) is 0 Å². The summed E-state index contributed by atoms with van der Waals surface area (Å²) in [4.78, 5) is 0. The van der Waals surface area contributed by atoms with E-state index in [1.807, 2.05) is 6.26 Å². The zero-order valence-electron chi connectivity index (χ0n) is 5.35. The Morgan fingerprint density at radius 3 is 2.38 bits per heavy atom. The van der Waals surface area contributed by atoms with Crippen LogP contribution < -0.4 is 5.73 Å². The van der Waals surface area contributed by atoms with Crippen molar-refractivity contribution in [2.45, 2.75) is 12.5 Å². The van der Waals surface area contributed by atoms with Crippen molar-refractivity contribution < 1.29 is 5.11 Å². The van der Waals surface area contributed by atoms with E-state index in [9.17, 15) is 5.11 Å². The van der Waals surface area contributed by atoms with Crippen molar-refractivity contribution in [1.29, 1.82) is 0 Å². The molecule has 3 N–H and O–H groups in total. The van der Waals surface area contributed by atoms with E-state index in [1.54, 1.807) is 18.7 Å². The molecule has 1 unspecified atom stereocenters. The average Bonchev–Trinajstić information content (AvgIpc) is 1.67. The number of aliphatic hydroxyl groups is 1. The number of rotatable bonds is 3. The molecular formula is C5H13NOS. The van der Waals surface area contributed by atoms with Gasteiger partial charge in [0.15, 0.2) is 0 Å². The highest BCUT2D eigenvalue weighted by molar-refractivity contribution is 7.98. The van der Waals surface area contributed by atoms with Crippen molar-refractivity contribution in [3.8, 4) is 0 Å². The Kier molecular flexibility index (Phi) is 3.44. The Bertz CT molecular complexity index is 65.4. The van der Waals surface area contributed by atoms with Gasteiger partial charge in [-0.3, -0.25) is 0 Å². The maximum atomic E-state index is 9.18. The van der Waals surface area contributed by atoms with Crippen LogP contribution in [0.25, 0.3) is 0 Å². The summed E-state index contributed by atoms with van der Waals surface area (Å²) in [5.74, 6) is 0.712. The molecule has 0 amide bonds. The molecule has 0 aliphatic rings. The van der Waals surface area contributed by atoms with Crippen molar-refractivity contribution in [3.63, 3.8) is 0 Å². The predicted octanol–water partition coefficient (Wildman–Crippen LogP) is 0.0591. The molecule has 0 aromatic rings. The van der Waals surface area contributed by atoms with Gasteiger partial charge >= 0.3 is 0 Å². The molecule has 0 radical (unpaired) electrons. The summed E-state index contributed by atoms with van der Waals surface area (Å²) >= 11 is 1.60. The fourth-order valence-corrected chi connectivity index (χ4v) is 1.11. The molecule has 0 rings (SSSR count). The van der Waals surface area contributed by atoms with Crippen LogP contribution in [0.15, 0.2) is 0 Å². The van der Waals surface area contributed by atoms with Gasteiger partial charge in [-0.2, -0.15) is 11.8 Å². The molecule has 50 valence electrons. The number of nitrogens with two attached hydrogens (primary N) is 1. The van der Waals surface area contributed by atoms with Crippen molar-refractivity contribution in [2.75, 3.05) is 18.6 Å². The van der Waals surface area contributed by atoms with E-state index in [-0.39, 0.29) is 0 Å². The number of thioether (sulfide) groups is 1. The van der Waals surface area contributed by atoms with Crippen molar-refractivity contribution in [3.05, 3.63) is 0 Å². The highest BCUT2D eigenvalue weighted by Gasteiger charge is 2.15. The van der Waals surface area contributed by atoms with Gasteiger partial charge in [0.05, 0.1) is 5.60 Å². The lowest BCUT2D eigenvalue weighted by atomic mass is 10.1. The summed E-state index contributed by atoms with van der Waals surface area (Å²) in [6, 6.07) is 0. The Hall–Kier alpha value is 0.270. The smallest absolute Gasteiger partial charge is 0.0831 e. The van der Waals surface area contributed by atoms with Gasteiger partial charge < -0.3 is 10.8 Å². The van der Waals surface area contributed by atoms with Gasteiger partial charge in [-0.05, 0) is 13.2 Å². The summed E-state index contributed by atoms with van der Waals surface area (Å²) < 4.78 is 0. The van der Waals surface area contributed by atoms with Crippen LogP contribution in [0.3, 0.4) is 0 Å². The molecule has 1 atom stereocenters. The van der Waals surface area contributed by atoms with Crippen LogP contribution in [0.2, 0.25) is 0 Å². The molecule has 3 heteroatoms. The maximum absolute atomic E-state index is 9.18. The second-order valence-corrected chi connectivity index (χ2v) is 3.00. The Balaban J connectivity index is 3.37. The largest absolute Gasteiger partial charge is 0.388 e. The molecule has 0 fully saturated rings. The van der Waals surface area contributed by atoms with Crippen LogP contribution >= 0.6 is 11.8 Å². The monoisotopic (exact) mass is 135 g/mol. The van der Waals surface area contributed by atoms with E-state index in [0.29, 0.717) is 12.3 Å². The van der Waals surface area contributed by atoms with Gasteiger partial charge in [0.2, 0.25) is 0 Å². The first-order valence-corrected chi connectivity index (χ1v) is 3.93. The number of hydrogen-bond acceptors (Lipinski definition) is 3. The Morgan fingerprint density at radius 2 is 2.25 bits per heavy atom. The third-order valence-corrected chi connectivity index (χ3v) is 1.81. The number of hydrogen-bond donors (Lipinski definition) is 2. The predicted molar refractivity (Wildman–Crippen MR) is 38.1 cm³/mol. The molecule has 0 aromatic heterocycles. The normalized spacial score (nSPS) is 18.0. The van der Waals surface area contributed by atoms with Gasteiger partial charge in [-0.25, -0.2) is 0 Å². The van der Waals surface area contributed by atoms with Crippen LogP contribution in [-0.4, -0.2) is 29.3 Å². The second kappa shape index (κ2) is 3.33. The highest BCUT2D eigenvalue weighted by atomic mass is 32.2. The summed E-state index contributed by atoms with van der Waals surface area (Å²) in [5, 5.41) is 9.18. The van der Waals surface area contributed by atoms with Gasteiger partial charge in [0, 0.05) is 12.3 Å². The third-order valence-electron chi connectivity index (χ3n) is 0.895. The third kappa shape index (κ3) is 3.29. The standard InChI is InChI=1S/C5H13NOS/c1-5(7,3-6)4-8-2/h7H,3-4,6H2,1-2H3. The van der Waals surface area contributed by atoms with E-state index in [0.717, 1.165) is 0 Å². The van der Waals surface area contributed by atoms with Gasteiger partial charge in [-0.1, -0.05) is 0 Å². The van der Waals surface area contributed by atoms with Crippen LogP contribution in [-0.2, 0) is 0 Å². The first-order valence-electron chi connectivity index (χ1n) is 2.54. The molecule has 8 heavy (non-hydrogen) atoms. The lowest BCUT2D eigenvalue weighted by Crippen LogP contribution is -2.36. The molecule has 0 spiro atoms. The van der Waals surface area contributed by atoms with Gasteiger partial charge in [-0.15, -0.1) is 0 Å². The van der Waals surface area contributed by atoms with E-state index >= 15 is 0 Å². The van der Waals surface area contributed by atoms with Gasteiger partial charge in [0.25, 0.3) is 0 Å². The van der Waals surface area contributed by atoms with Crippen molar-refractivity contribution >= 4 is 11.8 Å². The summed E-state index contributed by atoms with van der Waals surface area (Å²) in [7, 11) is 0. The Morgan fingerprint density at radius 1 is 1.75 bits per heavy atom. The fourth-order valence-electron chi connectivity index (χ4n) is 0.370. The van der Waals surface area contributed by atoms with Crippen LogP contribution in [0.1, 0.15) is 6.92 Å². The molecule has 0 aliphatic heterocycles. The quantitative estimate of drug-likeness (QED) is 0.575.